The van der Waals surface area contributed by atoms with Crippen molar-refractivity contribution in [3.8, 4) is 0 Å². The lowest BCUT2D eigenvalue weighted by atomic mass is 9.88. The molecule has 0 N–H and O–H groups in total. The van der Waals surface area contributed by atoms with Crippen molar-refractivity contribution in [2.24, 2.45) is 0 Å². The summed E-state index contributed by atoms with van der Waals surface area (Å²) in [6, 6.07) is 39.7. The Kier molecular flexibility index (Phi) is 3.65. The molecule has 7 aromatic carbocycles. The minimum absolute atomic E-state index is 1.25. The van der Waals surface area contributed by atoms with E-state index in [0.29, 0.717) is 0 Å². The number of hydrogen-bond acceptors (Lipinski definition) is 0. The van der Waals surface area contributed by atoms with Gasteiger partial charge in [-0.2, -0.15) is 0 Å². The van der Waals surface area contributed by atoms with E-state index in [4.69, 9.17) is 0 Å². The van der Waals surface area contributed by atoms with Crippen molar-refractivity contribution in [2.75, 3.05) is 0 Å². The minimum Gasteiger partial charge on any atom is -0.0616 e. The standard InChI is InChI=1S/C32H20/c1-2-12-25-21(7-1)8-3-9-22(25)17-18-23-19-20-30-28-15-5-11-24-10-4-14-27(31(24)28)29-16-6-13-26(23)32(29)30/h1-20H. The summed E-state index contributed by atoms with van der Waals surface area (Å²) in [6.07, 6.45) is 4.52. The molecule has 0 saturated heterocycles. The summed E-state index contributed by atoms with van der Waals surface area (Å²) in [4.78, 5) is 0. The van der Waals surface area contributed by atoms with Crippen molar-refractivity contribution in [1.82, 2.24) is 0 Å². The van der Waals surface area contributed by atoms with Crippen LogP contribution < -0.4 is 0 Å². The quantitative estimate of drug-likeness (QED) is 0.153. The number of hydrogen-bond donors (Lipinski definition) is 0. The van der Waals surface area contributed by atoms with Crippen LogP contribution in [-0.2, 0) is 0 Å². The van der Waals surface area contributed by atoms with E-state index in [0.717, 1.165) is 0 Å². The highest BCUT2D eigenvalue weighted by Crippen LogP contribution is 2.41. The molecule has 0 spiro atoms. The first-order chi connectivity index (χ1) is 15.9. The van der Waals surface area contributed by atoms with Crippen LogP contribution in [0.5, 0.6) is 0 Å². The fourth-order valence-corrected chi connectivity index (χ4v) is 5.39. The van der Waals surface area contributed by atoms with E-state index in [1.165, 1.54) is 65.0 Å². The molecule has 0 radical (unpaired) electrons. The Morgan fingerprint density at radius 2 is 0.812 bits per heavy atom. The highest BCUT2D eigenvalue weighted by molar-refractivity contribution is 6.33. The van der Waals surface area contributed by atoms with Gasteiger partial charge in [-0.3, -0.25) is 0 Å². The molecule has 0 fully saturated rings. The molecule has 148 valence electrons. The number of benzene rings is 7. The van der Waals surface area contributed by atoms with Crippen molar-refractivity contribution in [2.45, 2.75) is 0 Å². The van der Waals surface area contributed by atoms with Gasteiger partial charge in [-0.1, -0.05) is 121 Å². The Bertz CT molecular complexity index is 1760. The zero-order chi connectivity index (χ0) is 21.1. The van der Waals surface area contributed by atoms with Crippen LogP contribution in [0.4, 0.5) is 0 Å². The van der Waals surface area contributed by atoms with Crippen molar-refractivity contribution in [3.05, 3.63) is 120 Å². The Hall–Kier alpha value is -4.16. The average molecular weight is 405 g/mol. The first-order valence-electron chi connectivity index (χ1n) is 11.1. The largest absolute Gasteiger partial charge is 0.0616 e. The Labute approximate surface area is 186 Å². The van der Waals surface area contributed by atoms with E-state index in [1.54, 1.807) is 0 Å². The van der Waals surface area contributed by atoms with Gasteiger partial charge in [0.05, 0.1) is 0 Å². The molecule has 0 bridgehead atoms. The van der Waals surface area contributed by atoms with Crippen LogP contribution in [-0.4, -0.2) is 0 Å². The Morgan fingerprint density at radius 1 is 0.312 bits per heavy atom. The molecule has 32 heavy (non-hydrogen) atoms. The smallest absolute Gasteiger partial charge is 0.00204 e. The van der Waals surface area contributed by atoms with Gasteiger partial charge in [-0.15, -0.1) is 0 Å². The molecular formula is C32H20. The van der Waals surface area contributed by atoms with E-state index in [9.17, 15) is 0 Å². The maximum atomic E-state index is 2.30. The zero-order valence-electron chi connectivity index (χ0n) is 17.5. The minimum atomic E-state index is 1.25. The predicted molar refractivity (Wildman–Crippen MR) is 141 cm³/mol. The van der Waals surface area contributed by atoms with Gasteiger partial charge in [0.2, 0.25) is 0 Å². The third-order valence-corrected chi connectivity index (χ3v) is 6.83. The number of fused-ring (bicyclic) bond motifs is 3. The monoisotopic (exact) mass is 404 g/mol. The van der Waals surface area contributed by atoms with Gasteiger partial charge in [-0.25, -0.2) is 0 Å². The van der Waals surface area contributed by atoms with E-state index < -0.39 is 0 Å². The first-order valence-corrected chi connectivity index (χ1v) is 11.1. The Morgan fingerprint density at radius 3 is 1.62 bits per heavy atom. The lowest BCUT2D eigenvalue weighted by Crippen LogP contribution is -1.88. The average Bonchev–Trinajstić information content (AvgIpc) is 2.86. The second kappa shape index (κ2) is 6.67. The maximum Gasteiger partial charge on any atom is -0.00204 e. The van der Waals surface area contributed by atoms with E-state index in [1.807, 2.05) is 0 Å². The van der Waals surface area contributed by atoms with Gasteiger partial charge in [0.1, 0.15) is 0 Å². The molecule has 7 aromatic rings. The second-order valence-electron chi connectivity index (χ2n) is 8.54. The third-order valence-electron chi connectivity index (χ3n) is 6.83. The van der Waals surface area contributed by atoms with E-state index in [2.05, 4.69) is 121 Å². The molecule has 0 nitrogen and oxygen atoms in total. The molecule has 0 atom stereocenters. The summed E-state index contributed by atoms with van der Waals surface area (Å²) >= 11 is 0. The van der Waals surface area contributed by atoms with Gasteiger partial charge in [0.25, 0.3) is 0 Å². The highest BCUT2D eigenvalue weighted by Gasteiger charge is 2.13. The second-order valence-corrected chi connectivity index (χ2v) is 8.54. The van der Waals surface area contributed by atoms with Gasteiger partial charge >= 0.3 is 0 Å². The van der Waals surface area contributed by atoms with E-state index in [-0.39, 0.29) is 0 Å². The molecule has 0 amide bonds. The fourth-order valence-electron chi connectivity index (χ4n) is 5.39. The van der Waals surface area contributed by atoms with Gasteiger partial charge in [0.15, 0.2) is 0 Å². The lowest BCUT2D eigenvalue weighted by molar-refractivity contribution is 1.71. The van der Waals surface area contributed by atoms with Crippen LogP contribution >= 0.6 is 0 Å². The first kappa shape index (κ1) is 17.5. The summed E-state index contributed by atoms with van der Waals surface area (Å²) in [5.74, 6) is 0. The summed E-state index contributed by atoms with van der Waals surface area (Å²) in [5.41, 5.74) is 2.50. The predicted octanol–water partition coefficient (Wildman–Crippen LogP) is 9.06. The van der Waals surface area contributed by atoms with Crippen LogP contribution in [0.25, 0.3) is 66.0 Å². The van der Waals surface area contributed by atoms with Crippen LogP contribution in [0.3, 0.4) is 0 Å². The normalized spacial score (nSPS) is 12.2. The molecule has 0 aromatic heterocycles. The SMILES string of the molecule is C(=Cc1ccc2c3cccc4cccc(c5cccc1c52)c43)c1cccc2ccccc12. The van der Waals surface area contributed by atoms with Gasteiger partial charge in [0, 0.05) is 0 Å². The summed E-state index contributed by atoms with van der Waals surface area (Å²) in [6.45, 7) is 0. The fraction of sp³-hybridized carbons (Fsp3) is 0. The Balaban J connectivity index is 1.52. The van der Waals surface area contributed by atoms with Crippen molar-refractivity contribution < 1.29 is 0 Å². The van der Waals surface area contributed by atoms with Crippen LogP contribution in [0.2, 0.25) is 0 Å². The third kappa shape index (κ3) is 2.44. The van der Waals surface area contributed by atoms with Crippen LogP contribution in [0.1, 0.15) is 11.1 Å². The molecule has 0 heterocycles. The van der Waals surface area contributed by atoms with Crippen molar-refractivity contribution in [3.63, 3.8) is 0 Å². The topological polar surface area (TPSA) is 0 Å². The molecule has 0 aliphatic rings. The summed E-state index contributed by atoms with van der Waals surface area (Å²) in [5, 5.41) is 13.3. The molecule has 0 heteroatoms. The van der Waals surface area contributed by atoms with Crippen LogP contribution in [0.15, 0.2) is 109 Å². The lowest BCUT2D eigenvalue weighted by Gasteiger charge is -2.15. The maximum absolute atomic E-state index is 2.30. The molecule has 0 unspecified atom stereocenters. The van der Waals surface area contributed by atoms with Gasteiger partial charge < -0.3 is 0 Å². The molecule has 0 aliphatic heterocycles. The van der Waals surface area contributed by atoms with Crippen LogP contribution in [0, 0.1) is 0 Å². The molecular weight excluding hydrogens is 384 g/mol. The summed E-state index contributed by atoms with van der Waals surface area (Å²) < 4.78 is 0. The van der Waals surface area contributed by atoms with Gasteiger partial charge in [-0.05, 0) is 65.0 Å². The summed E-state index contributed by atoms with van der Waals surface area (Å²) in [7, 11) is 0. The number of rotatable bonds is 2. The van der Waals surface area contributed by atoms with Crippen molar-refractivity contribution >= 4 is 66.0 Å². The molecule has 0 aliphatic carbocycles. The highest BCUT2D eigenvalue weighted by atomic mass is 14.2. The van der Waals surface area contributed by atoms with E-state index >= 15 is 0 Å². The molecule has 0 saturated carbocycles. The van der Waals surface area contributed by atoms with Crippen molar-refractivity contribution in [1.29, 1.82) is 0 Å². The molecule has 7 rings (SSSR count). The zero-order valence-corrected chi connectivity index (χ0v) is 17.5.